The van der Waals surface area contributed by atoms with Gasteiger partial charge in [0, 0.05) is 61.2 Å². The number of aromatic nitrogens is 6. The number of nitrogens with zero attached hydrogens (tertiary/aromatic N) is 7. The maximum atomic E-state index is 15.1. The SMILES string of the molecule is CC(OC(=O)N(C)c1ncccc1COC(=O)CCC(=O)CC(C)(C)C)[n+]1cnn(C[C@](O)(c2ccc(F)cc2F)[C@@H](C)c2ncncc2F)c1. The van der Waals surface area contributed by atoms with Crippen molar-refractivity contribution in [2.75, 3.05) is 11.9 Å². The number of ether oxygens (including phenoxy) is 2. The molecule has 1 N–H and O–H groups in total. The standard InChI is InChI=1S/C35H41F3N7O6/c1-22(31-29(38)16-39-19-41-31)35(49,27-11-9-25(36)14-28(27)37)18-45-21-44(20-42-45)23(2)51-33(48)43(6)32-24(8-7-13-40-32)17-50-30(47)12-10-26(46)15-34(3,4)5/h7-9,11,13-14,16,19-23,49H,10,12,15,17-18H2,1-6H3/q+1/t22-,23?,35+/m0/s1. The molecule has 3 atom stereocenters. The molecule has 16 heteroatoms. The number of benzene rings is 1. The van der Waals surface area contributed by atoms with E-state index in [0.29, 0.717) is 18.1 Å². The Bertz CT molecular complexity index is 1870. The number of ketones is 1. The number of rotatable bonds is 14. The van der Waals surface area contributed by atoms with Crippen LogP contribution in [0, 0.1) is 22.9 Å². The van der Waals surface area contributed by atoms with Crippen LogP contribution in [0.1, 0.15) is 82.8 Å². The summed E-state index contributed by atoms with van der Waals surface area (Å²) in [7, 11) is 1.42. The summed E-state index contributed by atoms with van der Waals surface area (Å²) in [4.78, 5) is 50.6. The van der Waals surface area contributed by atoms with Gasteiger partial charge in [-0.2, -0.15) is 4.57 Å². The lowest BCUT2D eigenvalue weighted by molar-refractivity contribution is -0.753. The molecule has 1 aromatic carbocycles. The van der Waals surface area contributed by atoms with Crippen molar-refractivity contribution in [3.05, 3.63) is 96.0 Å². The Kier molecular flexibility index (Phi) is 12.2. The van der Waals surface area contributed by atoms with E-state index in [-0.39, 0.29) is 47.7 Å². The zero-order valence-electron chi connectivity index (χ0n) is 29.2. The number of pyridine rings is 1. The Morgan fingerprint density at radius 2 is 1.80 bits per heavy atom. The number of amides is 1. The Hall–Kier alpha value is -5.25. The summed E-state index contributed by atoms with van der Waals surface area (Å²) >= 11 is 0. The van der Waals surface area contributed by atoms with E-state index < -0.39 is 53.8 Å². The van der Waals surface area contributed by atoms with E-state index in [1.165, 1.54) is 42.1 Å². The third-order valence-corrected chi connectivity index (χ3v) is 8.10. The second-order valence-electron chi connectivity index (χ2n) is 13.4. The Balaban J connectivity index is 1.44. The fraction of sp³-hybridized carbons (Fsp3) is 0.429. The average molecular weight is 713 g/mol. The number of hydrogen-bond donors (Lipinski definition) is 1. The average Bonchev–Trinajstić information content (AvgIpc) is 3.53. The molecular weight excluding hydrogens is 671 g/mol. The van der Waals surface area contributed by atoms with Gasteiger partial charge in [-0.05, 0) is 17.5 Å². The molecule has 1 amide bonds. The van der Waals surface area contributed by atoms with Gasteiger partial charge in [0.25, 0.3) is 6.33 Å². The molecule has 0 saturated carbocycles. The maximum Gasteiger partial charge on any atom is 0.418 e. The third kappa shape index (κ3) is 9.93. The van der Waals surface area contributed by atoms with Crippen molar-refractivity contribution in [2.45, 2.75) is 84.8 Å². The summed E-state index contributed by atoms with van der Waals surface area (Å²) in [6.07, 6.45) is 4.69. The van der Waals surface area contributed by atoms with Crippen LogP contribution in [0.4, 0.5) is 23.8 Å². The molecular formula is C35H41F3N7O6+. The number of Topliss-reactive ketones (excluding diaryl/α,β-unsaturated/α-hetero) is 1. The summed E-state index contributed by atoms with van der Waals surface area (Å²) in [5.74, 6) is -4.34. The Labute approximate surface area is 293 Å². The lowest BCUT2D eigenvalue weighted by atomic mass is 9.79. The highest BCUT2D eigenvalue weighted by Crippen LogP contribution is 2.39. The number of hydrogen-bond acceptors (Lipinski definition) is 10. The van der Waals surface area contributed by atoms with Crippen molar-refractivity contribution in [3.8, 4) is 0 Å². The second kappa shape index (κ2) is 16.2. The van der Waals surface area contributed by atoms with Gasteiger partial charge < -0.3 is 14.6 Å². The molecule has 0 aliphatic heterocycles. The predicted octanol–water partition coefficient (Wildman–Crippen LogP) is 5.08. The summed E-state index contributed by atoms with van der Waals surface area (Å²) in [5, 5.41) is 16.2. The van der Waals surface area contributed by atoms with Crippen LogP contribution in [-0.4, -0.2) is 54.7 Å². The van der Waals surface area contributed by atoms with Crippen LogP contribution in [0.5, 0.6) is 0 Å². The van der Waals surface area contributed by atoms with Crippen LogP contribution in [0.2, 0.25) is 0 Å². The molecule has 13 nitrogen and oxygen atoms in total. The van der Waals surface area contributed by atoms with E-state index in [1.54, 1.807) is 19.1 Å². The summed E-state index contributed by atoms with van der Waals surface area (Å²) in [6, 6.07) is 5.90. The normalized spacial score (nSPS) is 13.9. The van der Waals surface area contributed by atoms with E-state index in [2.05, 4.69) is 20.1 Å². The molecule has 3 heterocycles. The largest absolute Gasteiger partial charge is 0.461 e. The summed E-state index contributed by atoms with van der Waals surface area (Å²) in [5.41, 5.74) is -2.46. The van der Waals surface area contributed by atoms with Crippen molar-refractivity contribution >= 4 is 23.7 Å². The molecule has 0 aliphatic rings. The molecule has 4 rings (SSSR count). The number of aliphatic hydroxyl groups is 1. The molecule has 0 spiro atoms. The number of carbonyl (C=O) groups is 3. The van der Waals surface area contributed by atoms with Gasteiger partial charge in [0.15, 0.2) is 5.82 Å². The van der Waals surface area contributed by atoms with E-state index in [1.807, 2.05) is 20.8 Å². The Morgan fingerprint density at radius 3 is 2.49 bits per heavy atom. The van der Waals surface area contributed by atoms with Crippen LogP contribution >= 0.6 is 0 Å². The van der Waals surface area contributed by atoms with Crippen LogP contribution in [0.25, 0.3) is 0 Å². The van der Waals surface area contributed by atoms with E-state index in [0.717, 1.165) is 29.6 Å². The zero-order chi connectivity index (χ0) is 37.5. The summed E-state index contributed by atoms with van der Waals surface area (Å²) in [6.45, 7) is 8.18. The lowest BCUT2D eigenvalue weighted by Gasteiger charge is -2.32. The zero-order valence-corrected chi connectivity index (χ0v) is 29.2. The van der Waals surface area contributed by atoms with Crippen LogP contribution in [0.3, 0.4) is 0 Å². The molecule has 0 bridgehead atoms. The van der Waals surface area contributed by atoms with E-state index in [9.17, 15) is 28.3 Å². The van der Waals surface area contributed by atoms with Gasteiger partial charge in [-0.25, -0.2) is 32.9 Å². The second-order valence-corrected chi connectivity index (χ2v) is 13.4. The molecule has 0 radical (unpaired) electrons. The first kappa shape index (κ1) is 38.6. The highest BCUT2D eigenvalue weighted by atomic mass is 19.1. The molecule has 3 aromatic heterocycles. The van der Waals surface area contributed by atoms with Crippen molar-refractivity contribution in [1.29, 1.82) is 0 Å². The molecule has 4 aromatic rings. The Morgan fingerprint density at radius 1 is 1.06 bits per heavy atom. The van der Waals surface area contributed by atoms with Gasteiger partial charge in [0.2, 0.25) is 12.6 Å². The molecule has 0 saturated heterocycles. The van der Waals surface area contributed by atoms with Crippen LogP contribution in [0.15, 0.2) is 61.7 Å². The number of esters is 1. The minimum atomic E-state index is -2.18. The fourth-order valence-corrected chi connectivity index (χ4v) is 5.39. The van der Waals surface area contributed by atoms with Crippen molar-refractivity contribution in [1.82, 2.24) is 24.7 Å². The number of halogens is 3. The monoisotopic (exact) mass is 712 g/mol. The van der Waals surface area contributed by atoms with Gasteiger partial charge in [-0.3, -0.25) is 14.5 Å². The summed E-state index contributed by atoms with van der Waals surface area (Å²) < 4.78 is 57.2. The number of anilines is 1. The van der Waals surface area contributed by atoms with Crippen LogP contribution in [-0.2, 0) is 37.8 Å². The first-order chi connectivity index (χ1) is 24.0. The highest BCUT2D eigenvalue weighted by molar-refractivity contribution is 5.86. The van der Waals surface area contributed by atoms with Gasteiger partial charge in [0.1, 0.15) is 48.3 Å². The lowest BCUT2D eigenvalue weighted by Crippen LogP contribution is -2.42. The topological polar surface area (TPSA) is 154 Å². The quantitative estimate of drug-likeness (QED) is 0.138. The smallest absolute Gasteiger partial charge is 0.418 e. The van der Waals surface area contributed by atoms with Crippen molar-refractivity contribution < 1.29 is 46.7 Å². The van der Waals surface area contributed by atoms with Crippen molar-refractivity contribution in [3.63, 3.8) is 0 Å². The molecule has 51 heavy (non-hydrogen) atoms. The maximum absolute atomic E-state index is 15.1. The van der Waals surface area contributed by atoms with Crippen LogP contribution < -0.4 is 9.47 Å². The van der Waals surface area contributed by atoms with Crippen molar-refractivity contribution in [2.24, 2.45) is 5.41 Å². The molecule has 1 unspecified atom stereocenters. The van der Waals surface area contributed by atoms with Gasteiger partial charge >= 0.3 is 12.1 Å². The van der Waals surface area contributed by atoms with Gasteiger partial charge in [0.05, 0.1) is 18.3 Å². The number of carbonyl (C=O) groups excluding carboxylic acids is 3. The first-order valence-corrected chi connectivity index (χ1v) is 16.1. The van der Waals surface area contributed by atoms with E-state index >= 15 is 4.39 Å². The predicted molar refractivity (Wildman–Crippen MR) is 175 cm³/mol. The molecule has 0 aliphatic carbocycles. The first-order valence-electron chi connectivity index (χ1n) is 16.1. The minimum Gasteiger partial charge on any atom is -0.461 e. The molecule has 0 fully saturated rings. The highest BCUT2D eigenvalue weighted by Gasteiger charge is 2.44. The fourth-order valence-electron chi connectivity index (χ4n) is 5.39. The third-order valence-electron chi connectivity index (χ3n) is 8.10. The van der Waals surface area contributed by atoms with E-state index in [4.69, 9.17) is 9.47 Å². The van der Waals surface area contributed by atoms with Gasteiger partial charge in [-0.15, -0.1) is 4.68 Å². The minimum absolute atomic E-state index is 0.0359. The van der Waals surface area contributed by atoms with Gasteiger partial charge in [-0.1, -0.05) is 39.8 Å². The molecule has 272 valence electrons.